The number of hydrogen-bond acceptors (Lipinski definition) is 4. The van der Waals surface area contributed by atoms with Gasteiger partial charge in [-0.1, -0.05) is 6.92 Å². The molecule has 0 atom stereocenters. The van der Waals surface area contributed by atoms with E-state index in [1.165, 1.54) is 9.40 Å². The van der Waals surface area contributed by atoms with Crippen molar-refractivity contribution < 1.29 is 4.79 Å². The molecule has 0 saturated heterocycles. The number of carbonyl (C=O) groups excluding carboxylic acids is 1. The Hall–Kier alpha value is -1.46. The summed E-state index contributed by atoms with van der Waals surface area (Å²) in [6, 6.07) is 4.03. The number of carbonyl (C=O) groups is 1. The number of aromatic nitrogens is 2. The molecular formula is C13H12N2OS2. The van der Waals surface area contributed by atoms with Crippen molar-refractivity contribution >= 4 is 37.9 Å². The Balaban J connectivity index is 1.98. The summed E-state index contributed by atoms with van der Waals surface area (Å²) in [5.41, 5.74) is 0. The fourth-order valence-electron chi connectivity index (χ4n) is 1.93. The fourth-order valence-corrected chi connectivity index (χ4v) is 3.97. The van der Waals surface area contributed by atoms with E-state index in [1.54, 1.807) is 28.9 Å². The number of fused-ring (bicyclic) bond motifs is 1. The maximum Gasteiger partial charge on any atom is 0.238 e. The molecule has 18 heavy (non-hydrogen) atoms. The average Bonchev–Trinajstić information content (AvgIpc) is 3.02. The van der Waals surface area contributed by atoms with Crippen LogP contribution in [0.4, 0.5) is 0 Å². The predicted octanol–water partition coefficient (Wildman–Crippen LogP) is 3.80. The van der Waals surface area contributed by atoms with Crippen LogP contribution in [-0.2, 0) is 6.54 Å². The summed E-state index contributed by atoms with van der Waals surface area (Å²) in [5.74, 6) is 0.576. The summed E-state index contributed by atoms with van der Waals surface area (Å²) in [6.45, 7) is 2.93. The largest absolute Gasteiger partial charge is 0.328 e. The number of ketones is 1. The number of nitrogens with zero attached hydrogens (tertiary/aromatic N) is 2. The first kappa shape index (κ1) is 11.6. The van der Waals surface area contributed by atoms with Crippen LogP contribution in [0.3, 0.4) is 0 Å². The van der Waals surface area contributed by atoms with Gasteiger partial charge in [-0.05, 0) is 23.9 Å². The average molecular weight is 276 g/mol. The van der Waals surface area contributed by atoms with Gasteiger partial charge in [-0.2, -0.15) is 0 Å². The van der Waals surface area contributed by atoms with Crippen molar-refractivity contribution in [3.05, 3.63) is 40.6 Å². The molecule has 0 radical (unpaired) electrons. The highest BCUT2D eigenvalue weighted by molar-refractivity contribution is 7.28. The Bertz CT molecular complexity index is 664. The van der Waals surface area contributed by atoms with Gasteiger partial charge in [0.15, 0.2) is 5.82 Å². The van der Waals surface area contributed by atoms with E-state index in [0.717, 1.165) is 17.8 Å². The van der Waals surface area contributed by atoms with Crippen LogP contribution in [0, 0.1) is 0 Å². The van der Waals surface area contributed by atoms with Crippen molar-refractivity contribution in [2.45, 2.75) is 19.9 Å². The zero-order chi connectivity index (χ0) is 12.5. The summed E-state index contributed by atoms with van der Waals surface area (Å²) >= 11 is 3.21. The van der Waals surface area contributed by atoms with Crippen LogP contribution in [0.1, 0.15) is 28.8 Å². The van der Waals surface area contributed by atoms with Gasteiger partial charge >= 0.3 is 0 Å². The monoisotopic (exact) mass is 276 g/mol. The third-order valence-electron chi connectivity index (χ3n) is 2.75. The van der Waals surface area contributed by atoms with Gasteiger partial charge in [-0.3, -0.25) is 4.79 Å². The standard InChI is InChI=1S/C13H12N2OS2/c1-2-5-15-6-4-14-13(15)12(16)11-8-10-9(18-11)3-7-17-10/h3-4,6-8H,2,5H2,1H3. The predicted molar refractivity (Wildman–Crippen MR) is 75.7 cm³/mol. The Labute approximate surface area is 113 Å². The SMILES string of the molecule is CCCn1ccnc1C(=O)c1cc2sccc2s1. The second-order valence-electron chi connectivity index (χ2n) is 4.03. The maximum atomic E-state index is 12.4. The molecule has 3 aromatic heterocycles. The van der Waals surface area contributed by atoms with E-state index in [2.05, 4.69) is 18.0 Å². The molecule has 3 rings (SSSR count). The fraction of sp³-hybridized carbons (Fsp3) is 0.231. The first-order chi connectivity index (χ1) is 8.79. The van der Waals surface area contributed by atoms with Gasteiger partial charge in [-0.15, -0.1) is 22.7 Å². The third-order valence-corrected chi connectivity index (χ3v) is 4.84. The number of aryl methyl sites for hydroxylation is 1. The zero-order valence-electron chi connectivity index (χ0n) is 9.92. The molecule has 0 aromatic carbocycles. The van der Waals surface area contributed by atoms with E-state index in [4.69, 9.17) is 0 Å². The highest BCUT2D eigenvalue weighted by Crippen LogP contribution is 2.31. The maximum absolute atomic E-state index is 12.4. The molecule has 3 aromatic rings. The first-order valence-corrected chi connectivity index (χ1v) is 7.52. The van der Waals surface area contributed by atoms with E-state index < -0.39 is 0 Å². The van der Waals surface area contributed by atoms with Crippen LogP contribution in [0.15, 0.2) is 29.9 Å². The van der Waals surface area contributed by atoms with Crippen LogP contribution < -0.4 is 0 Å². The third kappa shape index (κ3) is 1.89. The van der Waals surface area contributed by atoms with E-state index >= 15 is 0 Å². The lowest BCUT2D eigenvalue weighted by molar-refractivity contribution is 0.102. The molecule has 0 fully saturated rings. The topological polar surface area (TPSA) is 34.9 Å². The van der Waals surface area contributed by atoms with Gasteiger partial charge in [0.25, 0.3) is 0 Å². The van der Waals surface area contributed by atoms with Gasteiger partial charge in [0.1, 0.15) is 0 Å². The molecule has 0 saturated carbocycles. The summed E-state index contributed by atoms with van der Waals surface area (Å²) in [6.07, 6.45) is 4.56. The highest BCUT2D eigenvalue weighted by Gasteiger charge is 2.17. The van der Waals surface area contributed by atoms with Crippen molar-refractivity contribution in [2.24, 2.45) is 0 Å². The van der Waals surface area contributed by atoms with Crippen molar-refractivity contribution in [1.29, 1.82) is 0 Å². The smallest absolute Gasteiger partial charge is 0.238 e. The van der Waals surface area contributed by atoms with Crippen LogP contribution >= 0.6 is 22.7 Å². The lowest BCUT2D eigenvalue weighted by Crippen LogP contribution is -2.09. The molecule has 0 unspecified atom stereocenters. The van der Waals surface area contributed by atoms with Crippen LogP contribution in [0.25, 0.3) is 9.40 Å². The van der Waals surface area contributed by atoms with Gasteiger partial charge in [-0.25, -0.2) is 4.98 Å². The number of thiophene rings is 2. The minimum Gasteiger partial charge on any atom is -0.328 e. The lowest BCUT2D eigenvalue weighted by Gasteiger charge is -2.03. The van der Waals surface area contributed by atoms with Crippen molar-refractivity contribution in [2.75, 3.05) is 0 Å². The van der Waals surface area contributed by atoms with Gasteiger partial charge in [0.05, 0.1) is 4.88 Å². The molecule has 0 aliphatic carbocycles. The molecule has 0 amide bonds. The molecule has 0 bridgehead atoms. The zero-order valence-corrected chi connectivity index (χ0v) is 11.6. The van der Waals surface area contributed by atoms with Crippen LogP contribution in [0.2, 0.25) is 0 Å². The molecule has 0 N–H and O–H groups in total. The molecule has 0 aliphatic heterocycles. The first-order valence-electron chi connectivity index (χ1n) is 5.82. The Morgan fingerprint density at radius 2 is 2.33 bits per heavy atom. The second-order valence-corrected chi connectivity index (χ2v) is 6.06. The molecule has 0 aliphatic rings. The van der Waals surface area contributed by atoms with E-state index in [9.17, 15) is 4.79 Å². The van der Waals surface area contributed by atoms with Gasteiger partial charge in [0.2, 0.25) is 5.78 Å². The van der Waals surface area contributed by atoms with Crippen molar-refractivity contribution in [3.63, 3.8) is 0 Å². The van der Waals surface area contributed by atoms with E-state index in [1.807, 2.05) is 22.2 Å². The number of imidazole rings is 1. The molecule has 5 heteroatoms. The van der Waals surface area contributed by atoms with Crippen molar-refractivity contribution in [3.8, 4) is 0 Å². The second kappa shape index (κ2) is 4.66. The summed E-state index contributed by atoms with van der Waals surface area (Å²) < 4.78 is 4.28. The molecule has 0 spiro atoms. The van der Waals surface area contributed by atoms with Crippen LogP contribution in [0.5, 0.6) is 0 Å². The van der Waals surface area contributed by atoms with E-state index in [-0.39, 0.29) is 5.78 Å². The van der Waals surface area contributed by atoms with Gasteiger partial charge in [0, 0.05) is 28.3 Å². The number of hydrogen-bond donors (Lipinski definition) is 0. The Morgan fingerprint density at radius 3 is 3.11 bits per heavy atom. The lowest BCUT2D eigenvalue weighted by atomic mass is 10.3. The molecule has 3 nitrogen and oxygen atoms in total. The Morgan fingerprint density at radius 1 is 1.44 bits per heavy atom. The minimum absolute atomic E-state index is 0.0295. The minimum atomic E-state index is 0.0295. The summed E-state index contributed by atoms with van der Waals surface area (Å²) in [4.78, 5) is 17.4. The van der Waals surface area contributed by atoms with E-state index in [0.29, 0.717) is 5.82 Å². The molecule has 92 valence electrons. The summed E-state index contributed by atoms with van der Waals surface area (Å²) in [5, 5.41) is 2.05. The molecule has 3 heterocycles. The highest BCUT2D eigenvalue weighted by atomic mass is 32.1. The Kier molecular flexibility index (Phi) is 3.01. The van der Waals surface area contributed by atoms with Crippen molar-refractivity contribution in [1.82, 2.24) is 9.55 Å². The quantitative estimate of drug-likeness (QED) is 0.679. The summed E-state index contributed by atoms with van der Waals surface area (Å²) in [7, 11) is 0. The number of rotatable bonds is 4. The van der Waals surface area contributed by atoms with Crippen LogP contribution in [-0.4, -0.2) is 15.3 Å². The van der Waals surface area contributed by atoms with Gasteiger partial charge < -0.3 is 4.57 Å². The normalized spacial score (nSPS) is 11.2. The molecular weight excluding hydrogens is 264 g/mol.